The Kier molecular flexibility index (Phi) is 5.97. The van der Waals surface area contributed by atoms with E-state index in [1.807, 2.05) is 0 Å². The molecule has 0 saturated carbocycles. The average molecular weight is 437 g/mol. The molecule has 0 saturated heterocycles. The van der Waals surface area contributed by atoms with E-state index < -0.39 is 21.7 Å². The van der Waals surface area contributed by atoms with E-state index in [0.29, 0.717) is 16.8 Å². The van der Waals surface area contributed by atoms with E-state index in [0.717, 1.165) is 22.6 Å². The zero-order valence-corrected chi connectivity index (χ0v) is 16.7. The maximum absolute atomic E-state index is 12.6. The molecule has 0 fully saturated rings. The molecular formula is C20H18F3N3O3S. The lowest BCUT2D eigenvalue weighted by Gasteiger charge is -2.08. The largest absolute Gasteiger partial charge is 0.435 e. The van der Waals surface area contributed by atoms with Gasteiger partial charge < -0.3 is 5.32 Å². The minimum absolute atomic E-state index is 0.0953. The Labute approximate surface area is 171 Å². The van der Waals surface area contributed by atoms with Crippen molar-refractivity contribution in [3.05, 3.63) is 83.2 Å². The minimum atomic E-state index is -4.50. The number of rotatable bonds is 6. The first-order chi connectivity index (χ1) is 14.0. The number of halogens is 3. The number of nitrogens with zero attached hydrogens (tertiary/aromatic N) is 2. The molecule has 0 spiro atoms. The van der Waals surface area contributed by atoms with E-state index in [1.54, 1.807) is 48.5 Å². The second-order valence-electron chi connectivity index (χ2n) is 6.76. The number of alkyl halides is 3. The third-order valence-corrected chi connectivity index (χ3v) is 5.04. The molecular weight excluding hydrogens is 419 g/mol. The highest BCUT2D eigenvalue weighted by molar-refractivity contribution is 7.89. The molecule has 158 valence electrons. The van der Waals surface area contributed by atoms with Crippen molar-refractivity contribution in [3.63, 3.8) is 0 Å². The van der Waals surface area contributed by atoms with Gasteiger partial charge in [0.05, 0.1) is 11.4 Å². The van der Waals surface area contributed by atoms with E-state index in [9.17, 15) is 26.4 Å². The Hall–Kier alpha value is -3.14. The third-order valence-electron chi connectivity index (χ3n) is 4.18. The zero-order chi connectivity index (χ0) is 21.9. The smallest absolute Gasteiger partial charge is 0.348 e. The molecule has 3 aromatic rings. The van der Waals surface area contributed by atoms with Crippen molar-refractivity contribution < 1.29 is 26.4 Å². The highest BCUT2D eigenvalue weighted by atomic mass is 32.2. The van der Waals surface area contributed by atoms with Crippen LogP contribution in [0.15, 0.2) is 60.8 Å². The van der Waals surface area contributed by atoms with Crippen molar-refractivity contribution >= 4 is 15.7 Å². The van der Waals surface area contributed by atoms with Crippen molar-refractivity contribution in [3.8, 4) is 5.69 Å². The fourth-order valence-corrected chi connectivity index (χ4v) is 3.52. The standard InChI is InChI=1S/C20H18F3N3O3S/c1-30(28,29)13-15-2-6-16(7-3-15)19(27)24-12-14-4-8-17(9-5-14)26-11-10-18(25-26)20(21,22)23/h2-11H,12-13H2,1H3,(H,24,27). The highest BCUT2D eigenvalue weighted by Gasteiger charge is 2.33. The molecule has 0 aliphatic rings. The van der Waals surface area contributed by atoms with Crippen LogP contribution in [0.3, 0.4) is 0 Å². The second kappa shape index (κ2) is 8.31. The van der Waals surface area contributed by atoms with Gasteiger partial charge in [-0.05, 0) is 41.5 Å². The lowest BCUT2D eigenvalue weighted by molar-refractivity contribution is -0.141. The normalized spacial score (nSPS) is 12.0. The minimum Gasteiger partial charge on any atom is -0.348 e. The zero-order valence-electron chi connectivity index (χ0n) is 15.8. The van der Waals surface area contributed by atoms with Gasteiger partial charge in [-0.2, -0.15) is 18.3 Å². The summed E-state index contributed by atoms with van der Waals surface area (Å²) in [4.78, 5) is 12.2. The average Bonchev–Trinajstić information content (AvgIpc) is 3.16. The Morgan fingerprint density at radius 3 is 2.13 bits per heavy atom. The summed E-state index contributed by atoms with van der Waals surface area (Å²) in [5.41, 5.74) is 1.23. The molecule has 1 aromatic heterocycles. The summed E-state index contributed by atoms with van der Waals surface area (Å²) >= 11 is 0. The maximum atomic E-state index is 12.6. The highest BCUT2D eigenvalue weighted by Crippen LogP contribution is 2.27. The predicted octanol–water partition coefficient (Wildman–Crippen LogP) is 3.37. The Bertz CT molecular complexity index is 1140. The number of hydrogen-bond acceptors (Lipinski definition) is 4. The summed E-state index contributed by atoms with van der Waals surface area (Å²) in [7, 11) is -3.15. The molecule has 3 rings (SSSR count). The monoisotopic (exact) mass is 437 g/mol. The fraction of sp³-hybridized carbons (Fsp3) is 0.200. The number of aromatic nitrogens is 2. The molecule has 2 aromatic carbocycles. The topological polar surface area (TPSA) is 81.1 Å². The number of carbonyl (C=O) groups is 1. The molecule has 0 unspecified atom stereocenters. The number of benzene rings is 2. The van der Waals surface area contributed by atoms with E-state index in [1.165, 1.54) is 6.20 Å². The summed E-state index contributed by atoms with van der Waals surface area (Å²) in [6.07, 6.45) is -2.13. The van der Waals surface area contributed by atoms with Crippen molar-refractivity contribution in [2.75, 3.05) is 6.26 Å². The molecule has 1 heterocycles. The van der Waals surface area contributed by atoms with Crippen LogP contribution in [-0.2, 0) is 28.3 Å². The van der Waals surface area contributed by atoms with Crippen LogP contribution >= 0.6 is 0 Å². The van der Waals surface area contributed by atoms with Gasteiger partial charge in [0, 0.05) is 24.6 Å². The van der Waals surface area contributed by atoms with Crippen molar-refractivity contribution in [1.82, 2.24) is 15.1 Å². The Morgan fingerprint density at radius 1 is 1.00 bits per heavy atom. The van der Waals surface area contributed by atoms with Gasteiger partial charge in [-0.15, -0.1) is 0 Å². The number of amides is 1. The summed E-state index contributed by atoms with van der Waals surface area (Å²) in [5, 5.41) is 6.25. The molecule has 0 aliphatic carbocycles. The van der Waals surface area contributed by atoms with Crippen LogP contribution in [0, 0.1) is 0 Å². The summed E-state index contributed by atoms with van der Waals surface area (Å²) in [6.45, 7) is 0.219. The van der Waals surface area contributed by atoms with E-state index in [4.69, 9.17) is 0 Å². The van der Waals surface area contributed by atoms with Crippen LogP contribution in [0.25, 0.3) is 5.69 Å². The van der Waals surface area contributed by atoms with E-state index in [-0.39, 0.29) is 18.2 Å². The number of nitrogens with one attached hydrogen (secondary N) is 1. The Morgan fingerprint density at radius 2 is 1.60 bits per heavy atom. The van der Waals surface area contributed by atoms with Gasteiger partial charge in [-0.1, -0.05) is 24.3 Å². The Balaban J connectivity index is 1.59. The molecule has 1 amide bonds. The number of carbonyl (C=O) groups excluding carboxylic acids is 1. The fourth-order valence-electron chi connectivity index (χ4n) is 2.72. The maximum Gasteiger partial charge on any atom is 0.435 e. The van der Waals surface area contributed by atoms with Crippen molar-refractivity contribution in [2.45, 2.75) is 18.5 Å². The lowest BCUT2D eigenvalue weighted by atomic mass is 10.1. The molecule has 6 nitrogen and oxygen atoms in total. The number of hydrogen-bond donors (Lipinski definition) is 1. The van der Waals surface area contributed by atoms with Crippen LogP contribution in [-0.4, -0.2) is 30.4 Å². The molecule has 0 radical (unpaired) electrons. The summed E-state index contributed by atoms with van der Waals surface area (Å²) in [6, 6.07) is 13.7. The second-order valence-corrected chi connectivity index (χ2v) is 8.90. The van der Waals surface area contributed by atoms with Crippen molar-refractivity contribution in [2.24, 2.45) is 0 Å². The van der Waals surface area contributed by atoms with Crippen molar-refractivity contribution in [1.29, 1.82) is 0 Å². The summed E-state index contributed by atoms with van der Waals surface area (Å²) in [5.74, 6) is -0.422. The first-order valence-corrected chi connectivity index (χ1v) is 10.8. The first-order valence-electron chi connectivity index (χ1n) is 8.78. The summed E-state index contributed by atoms with van der Waals surface area (Å²) < 4.78 is 61.7. The van der Waals surface area contributed by atoms with Crippen LogP contribution in [0.5, 0.6) is 0 Å². The van der Waals surface area contributed by atoms with Crippen LogP contribution in [0.4, 0.5) is 13.2 Å². The molecule has 10 heteroatoms. The lowest BCUT2D eigenvalue weighted by Crippen LogP contribution is -2.22. The molecule has 0 bridgehead atoms. The first kappa shape index (κ1) is 21.6. The van der Waals surface area contributed by atoms with Gasteiger partial charge in [0.2, 0.25) is 0 Å². The quantitative estimate of drug-likeness (QED) is 0.641. The van der Waals surface area contributed by atoms with Gasteiger partial charge in [0.25, 0.3) is 5.91 Å². The van der Waals surface area contributed by atoms with Gasteiger partial charge in [-0.25, -0.2) is 13.1 Å². The van der Waals surface area contributed by atoms with Gasteiger partial charge in [-0.3, -0.25) is 4.79 Å². The van der Waals surface area contributed by atoms with Crippen LogP contribution < -0.4 is 5.32 Å². The predicted molar refractivity (Wildman–Crippen MR) is 105 cm³/mol. The molecule has 1 N–H and O–H groups in total. The van der Waals surface area contributed by atoms with Gasteiger partial charge in [0.1, 0.15) is 0 Å². The van der Waals surface area contributed by atoms with E-state index in [2.05, 4.69) is 10.4 Å². The SMILES string of the molecule is CS(=O)(=O)Cc1ccc(C(=O)NCc2ccc(-n3ccc(C(F)(F)F)n3)cc2)cc1. The van der Waals surface area contributed by atoms with Crippen LogP contribution in [0.2, 0.25) is 0 Å². The van der Waals surface area contributed by atoms with Gasteiger partial charge in [0.15, 0.2) is 15.5 Å². The van der Waals surface area contributed by atoms with Crippen LogP contribution in [0.1, 0.15) is 27.2 Å². The number of sulfone groups is 1. The molecule has 0 aliphatic heterocycles. The third kappa shape index (κ3) is 5.69. The molecule has 30 heavy (non-hydrogen) atoms. The van der Waals surface area contributed by atoms with E-state index >= 15 is 0 Å². The molecule has 0 atom stereocenters. The van der Waals surface area contributed by atoms with Gasteiger partial charge >= 0.3 is 6.18 Å².